The van der Waals surface area contributed by atoms with E-state index < -0.39 is 0 Å². The molecule has 2 nitrogen and oxygen atoms in total. The van der Waals surface area contributed by atoms with Crippen LogP contribution in [0.2, 0.25) is 0 Å². The fourth-order valence-corrected chi connectivity index (χ4v) is 2.33. The molecule has 0 bridgehead atoms. The molecule has 2 aromatic rings. The maximum Gasteiger partial charge on any atom is 0.0829 e. The van der Waals surface area contributed by atoms with Gasteiger partial charge < -0.3 is 5.32 Å². The Bertz CT molecular complexity index is 534. The molecular formula is C19H24N2. The van der Waals surface area contributed by atoms with E-state index in [4.69, 9.17) is 0 Å². The van der Waals surface area contributed by atoms with Crippen molar-refractivity contribution in [1.82, 2.24) is 5.32 Å². The van der Waals surface area contributed by atoms with Gasteiger partial charge in [-0.15, -0.1) is 0 Å². The zero-order valence-corrected chi connectivity index (χ0v) is 12.9. The molecule has 2 aromatic carbocycles. The van der Waals surface area contributed by atoms with Gasteiger partial charge in [0.1, 0.15) is 0 Å². The van der Waals surface area contributed by atoms with E-state index >= 15 is 0 Å². The highest BCUT2D eigenvalue weighted by Crippen LogP contribution is 2.05. The van der Waals surface area contributed by atoms with Crippen LogP contribution in [0.3, 0.4) is 0 Å². The molecule has 1 N–H and O–H groups in total. The highest BCUT2D eigenvalue weighted by molar-refractivity contribution is 5.55. The Morgan fingerprint density at radius 2 is 1.38 bits per heavy atom. The first-order valence-electron chi connectivity index (χ1n) is 7.59. The Hall–Kier alpha value is -2.09. The van der Waals surface area contributed by atoms with Gasteiger partial charge in [-0.05, 0) is 37.8 Å². The normalized spacial score (nSPS) is 14.0. The van der Waals surface area contributed by atoms with Gasteiger partial charge in [-0.3, -0.25) is 4.99 Å². The predicted octanol–water partition coefficient (Wildman–Crippen LogP) is 3.87. The largest absolute Gasteiger partial charge is 0.374 e. The van der Waals surface area contributed by atoms with Crippen LogP contribution in [0.5, 0.6) is 0 Å². The molecule has 2 atom stereocenters. The molecule has 0 amide bonds. The molecule has 0 aliphatic carbocycles. The van der Waals surface area contributed by atoms with E-state index in [-0.39, 0.29) is 0 Å². The van der Waals surface area contributed by atoms with Crippen molar-refractivity contribution in [2.75, 3.05) is 0 Å². The minimum absolute atomic E-state index is 0.295. The molecule has 0 spiro atoms. The van der Waals surface area contributed by atoms with Crippen molar-refractivity contribution in [3.05, 3.63) is 71.8 Å². The summed E-state index contributed by atoms with van der Waals surface area (Å²) in [6.07, 6.45) is 3.85. The molecular weight excluding hydrogens is 256 g/mol. The third-order valence-corrected chi connectivity index (χ3v) is 3.45. The number of benzene rings is 2. The van der Waals surface area contributed by atoms with Crippen molar-refractivity contribution in [3.63, 3.8) is 0 Å². The third kappa shape index (κ3) is 5.82. The second kappa shape index (κ2) is 8.25. The molecule has 110 valence electrons. The lowest BCUT2D eigenvalue weighted by Gasteiger charge is -2.12. The minimum Gasteiger partial charge on any atom is -0.374 e. The molecule has 0 radical (unpaired) electrons. The Balaban J connectivity index is 1.74. The van der Waals surface area contributed by atoms with Gasteiger partial charge in [-0.25, -0.2) is 0 Å². The summed E-state index contributed by atoms with van der Waals surface area (Å²) in [7, 11) is 0. The lowest BCUT2D eigenvalue weighted by molar-refractivity contribution is 0.658. The van der Waals surface area contributed by atoms with Crippen LogP contribution in [-0.2, 0) is 12.8 Å². The summed E-state index contributed by atoms with van der Waals surface area (Å²) in [5, 5.41) is 3.36. The number of nitrogens with zero attached hydrogens (tertiary/aromatic N) is 1. The standard InChI is InChI=1S/C19H24N2/c1-16(13-18-9-5-3-6-10-18)20-15-21-17(2)14-19-11-7-4-8-12-19/h3-12,15-17H,13-14H2,1-2H3,(H,20,21). The first kappa shape index (κ1) is 15.3. The summed E-state index contributed by atoms with van der Waals surface area (Å²) >= 11 is 0. The SMILES string of the molecule is CC(Cc1ccccc1)N=CNC(C)Cc1ccccc1. The maximum atomic E-state index is 4.56. The van der Waals surface area contributed by atoms with Gasteiger partial charge in [0.15, 0.2) is 0 Å². The number of hydrogen-bond donors (Lipinski definition) is 1. The Kier molecular flexibility index (Phi) is 6.01. The van der Waals surface area contributed by atoms with Crippen molar-refractivity contribution in [2.24, 2.45) is 4.99 Å². The second-order valence-corrected chi connectivity index (χ2v) is 5.57. The van der Waals surface area contributed by atoms with Crippen LogP contribution in [0, 0.1) is 0 Å². The van der Waals surface area contributed by atoms with Crippen molar-refractivity contribution in [3.8, 4) is 0 Å². The molecule has 2 rings (SSSR count). The van der Waals surface area contributed by atoms with E-state index in [0.29, 0.717) is 12.1 Å². The van der Waals surface area contributed by atoms with Crippen LogP contribution in [0.15, 0.2) is 65.7 Å². The summed E-state index contributed by atoms with van der Waals surface area (Å²) in [6, 6.07) is 21.7. The Morgan fingerprint density at radius 3 is 1.95 bits per heavy atom. The van der Waals surface area contributed by atoms with Gasteiger partial charge in [0, 0.05) is 6.04 Å². The number of aliphatic imine (C=N–C) groups is 1. The van der Waals surface area contributed by atoms with Crippen LogP contribution in [0.1, 0.15) is 25.0 Å². The van der Waals surface area contributed by atoms with Gasteiger partial charge in [-0.1, -0.05) is 60.7 Å². The summed E-state index contributed by atoms with van der Waals surface area (Å²) in [4.78, 5) is 4.56. The van der Waals surface area contributed by atoms with Gasteiger partial charge in [0.05, 0.1) is 12.4 Å². The minimum atomic E-state index is 0.295. The molecule has 0 aliphatic heterocycles. The van der Waals surface area contributed by atoms with Gasteiger partial charge in [0.2, 0.25) is 0 Å². The highest BCUT2D eigenvalue weighted by Gasteiger charge is 2.02. The van der Waals surface area contributed by atoms with Crippen molar-refractivity contribution >= 4 is 6.34 Å². The average molecular weight is 280 g/mol. The molecule has 2 heteroatoms. The zero-order valence-electron chi connectivity index (χ0n) is 12.9. The van der Waals surface area contributed by atoms with E-state index in [1.165, 1.54) is 11.1 Å². The lowest BCUT2D eigenvalue weighted by atomic mass is 10.1. The average Bonchev–Trinajstić information content (AvgIpc) is 2.49. The summed E-state index contributed by atoms with van der Waals surface area (Å²) in [5.74, 6) is 0. The van der Waals surface area contributed by atoms with Gasteiger partial charge in [-0.2, -0.15) is 0 Å². The molecule has 0 aliphatic rings. The fraction of sp³-hybridized carbons (Fsp3) is 0.316. The first-order chi connectivity index (χ1) is 10.2. The van der Waals surface area contributed by atoms with E-state index in [9.17, 15) is 0 Å². The van der Waals surface area contributed by atoms with E-state index in [2.05, 4.69) is 72.7 Å². The molecule has 0 aromatic heterocycles. The molecule has 0 saturated heterocycles. The smallest absolute Gasteiger partial charge is 0.0829 e. The van der Waals surface area contributed by atoms with Gasteiger partial charge >= 0.3 is 0 Å². The van der Waals surface area contributed by atoms with Crippen LogP contribution in [-0.4, -0.2) is 18.4 Å². The van der Waals surface area contributed by atoms with E-state index in [0.717, 1.165) is 12.8 Å². The summed E-state index contributed by atoms with van der Waals surface area (Å²) in [5.41, 5.74) is 2.68. The van der Waals surface area contributed by atoms with Crippen LogP contribution < -0.4 is 5.32 Å². The number of nitrogens with one attached hydrogen (secondary N) is 1. The molecule has 0 fully saturated rings. The fourth-order valence-electron chi connectivity index (χ4n) is 2.33. The topological polar surface area (TPSA) is 24.4 Å². The van der Waals surface area contributed by atoms with Crippen molar-refractivity contribution in [1.29, 1.82) is 0 Å². The van der Waals surface area contributed by atoms with Gasteiger partial charge in [0.25, 0.3) is 0 Å². The summed E-state index contributed by atoms with van der Waals surface area (Å²) in [6.45, 7) is 4.33. The van der Waals surface area contributed by atoms with Crippen LogP contribution in [0.25, 0.3) is 0 Å². The van der Waals surface area contributed by atoms with Crippen LogP contribution in [0.4, 0.5) is 0 Å². The zero-order chi connectivity index (χ0) is 14.9. The lowest BCUT2D eigenvalue weighted by Crippen LogP contribution is -2.27. The predicted molar refractivity (Wildman–Crippen MR) is 90.8 cm³/mol. The molecule has 21 heavy (non-hydrogen) atoms. The Labute approximate surface area is 127 Å². The van der Waals surface area contributed by atoms with Crippen molar-refractivity contribution in [2.45, 2.75) is 38.8 Å². The van der Waals surface area contributed by atoms with Crippen LogP contribution >= 0.6 is 0 Å². The molecule has 0 saturated carbocycles. The monoisotopic (exact) mass is 280 g/mol. The highest BCUT2D eigenvalue weighted by atomic mass is 15.0. The third-order valence-electron chi connectivity index (χ3n) is 3.45. The first-order valence-corrected chi connectivity index (χ1v) is 7.59. The number of hydrogen-bond acceptors (Lipinski definition) is 1. The van der Waals surface area contributed by atoms with E-state index in [1.54, 1.807) is 0 Å². The maximum absolute atomic E-state index is 4.56. The molecule has 0 heterocycles. The second-order valence-electron chi connectivity index (χ2n) is 5.57. The summed E-state index contributed by atoms with van der Waals surface area (Å²) < 4.78 is 0. The van der Waals surface area contributed by atoms with E-state index in [1.807, 2.05) is 18.5 Å². The number of rotatable bonds is 7. The van der Waals surface area contributed by atoms with Crippen molar-refractivity contribution < 1.29 is 0 Å². The Morgan fingerprint density at radius 1 is 0.857 bits per heavy atom. The molecule has 2 unspecified atom stereocenters. The quantitative estimate of drug-likeness (QED) is 0.604.